The molecule has 0 spiro atoms. The molecule has 136 valence electrons. The van der Waals surface area contributed by atoms with Crippen molar-refractivity contribution < 1.29 is 27.2 Å². The maximum absolute atomic E-state index is 12.9. The van der Waals surface area contributed by atoms with E-state index in [1.54, 1.807) is 30.3 Å². The summed E-state index contributed by atoms with van der Waals surface area (Å²) in [6.45, 7) is 1.36. The van der Waals surface area contributed by atoms with Crippen molar-refractivity contribution in [1.82, 2.24) is 9.88 Å². The first kappa shape index (κ1) is 17.8. The molecule has 0 saturated carbocycles. The van der Waals surface area contributed by atoms with Crippen LogP contribution in [0, 0.1) is 6.92 Å². The molecule has 0 bridgehead atoms. The summed E-state index contributed by atoms with van der Waals surface area (Å²) in [4.78, 5) is 24.0. The molecule has 0 saturated heterocycles. The lowest BCUT2D eigenvalue weighted by molar-refractivity contribution is -0.121. The van der Waals surface area contributed by atoms with Gasteiger partial charge < -0.3 is 14.3 Å². The molecular formula is C18H15F3N2O3. The van der Waals surface area contributed by atoms with Crippen LogP contribution in [-0.4, -0.2) is 22.4 Å². The molecule has 0 fully saturated rings. The molecule has 2 heterocycles. The number of Topliss-reactive ketones (excluding diaryl/α,β-unsaturated/α-hetero) is 1. The van der Waals surface area contributed by atoms with Crippen LogP contribution in [-0.2, 0) is 17.9 Å². The number of aromatic nitrogens is 1. The predicted octanol–water partition coefficient (Wildman–Crippen LogP) is 3.60. The Labute approximate surface area is 146 Å². The fourth-order valence-electron chi connectivity index (χ4n) is 2.86. The highest BCUT2D eigenvalue weighted by atomic mass is 19.4. The van der Waals surface area contributed by atoms with E-state index in [0.29, 0.717) is 11.3 Å². The third-order valence-electron chi connectivity index (χ3n) is 4.06. The lowest BCUT2D eigenvalue weighted by atomic mass is 10.1. The lowest BCUT2D eigenvalue weighted by Gasteiger charge is -2.09. The van der Waals surface area contributed by atoms with Crippen LogP contribution in [0.15, 0.2) is 47.1 Å². The number of amides is 1. The van der Waals surface area contributed by atoms with Crippen molar-refractivity contribution in [3.63, 3.8) is 0 Å². The van der Waals surface area contributed by atoms with Gasteiger partial charge in [-0.25, -0.2) is 0 Å². The number of hydrogen-bond donors (Lipinski definition) is 1. The minimum absolute atomic E-state index is 0.0988. The summed E-state index contributed by atoms with van der Waals surface area (Å²) in [7, 11) is 0. The molecule has 3 aromatic rings. The number of halogens is 3. The Morgan fingerprint density at radius 3 is 2.54 bits per heavy atom. The van der Waals surface area contributed by atoms with Crippen LogP contribution in [0.4, 0.5) is 13.2 Å². The molecule has 0 unspecified atom stereocenters. The van der Waals surface area contributed by atoms with Crippen LogP contribution < -0.4 is 5.32 Å². The van der Waals surface area contributed by atoms with Crippen molar-refractivity contribution in [2.45, 2.75) is 26.2 Å². The van der Waals surface area contributed by atoms with E-state index in [1.807, 2.05) is 0 Å². The van der Waals surface area contributed by atoms with Gasteiger partial charge in [0.05, 0.1) is 18.4 Å². The van der Waals surface area contributed by atoms with Crippen molar-refractivity contribution in [3.8, 4) is 0 Å². The molecule has 5 nitrogen and oxygen atoms in total. The number of furan rings is 1. The standard InChI is InChI=1S/C18H15F3N2O3/c1-11-16(17(25)18(19,20)21)13-6-2-3-7-14(13)23(11)10-15(24)22-9-12-5-4-8-26-12/h2-8H,9-10H2,1H3,(H,22,24). The van der Waals surface area contributed by atoms with Gasteiger partial charge in [0, 0.05) is 16.6 Å². The minimum Gasteiger partial charge on any atom is -0.467 e. The summed E-state index contributed by atoms with van der Waals surface area (Å²) in [5.74, 6) is -1.77. The molecule has 1 aromatic carbocycles. The minimum atomic E-state index is -4.98. The van der Waals surface area contributed by atoms with Gasteiger partial charge in [0.15, 0.2) is 0 Å². The topological polar surface area (TPSA) is 64.2 Å². The summed E-state index contributed by atoms with van der Waals surface area (Å²) in [5.41, 5.74) is 0.0688. The zero-order valence-corrected chi connectivity index (χ0v) is 13.8. The predicted molar refractivity (Wildman–Crippen MR) is 87.6 cm³/mol. The van der Waals surface area contributed by atoms with E-state index in [9.17, 15) is 22.8 Å². The Hall–Kier alpha value is -3.03. The lowest BCUT2D eigenvalue weighted by Crippen LogP contribution is -2.28. The van der Waals surface area contributed by atoms with Crippen molar-refractivity contribution in [2.75, 3.05) is 0 Å². The number of hydrogen-bond acceptors (Lipinski definition) is 3. The zero-order valence-electron chi connectivity index (χ0n) is 13.8. The quantitative estimate of drug-likeness (QED) is 0.704. The van der Waals surface area contributed by atoms with Crippen LogP contribution in [0.25, 0.3) is 10.9 Å². The van der Waals surface area contributed by atoms with Gasteiger partial charge in [-0.15, -0.1) is 0 Å². The monoisotopic (exact) mass is 364 g/mol. The second-order valence-electron chi connectivity index (χ2n) is 5.75. The highest BCUT2D eigenvalue weighted by Crippen LogP contribution is 2.31. The average molecular weight is 364 g/mol. The second kappa shape index (κ2) is 6.70. The number of benzene rings is 1. The molecule has 3 rings (SSSR count). The van der Waals surface area contributed by atoms with Crippen LogP contribution in [0.2, 0.25) is 0 Å². The summed E-state index contributed by atoms with van der Waals surface area (Å²) < 4.78 is 45.4. The smallest absolute Gasteiger partial charge is 0.454 e. The maximum atomic E-state index is 12.9. The molecule has 8 heteroatoms. The highest BCUT2D eigenvalue weighted by molar-refractivity contribution is 6.12. The largest absolute Gasteiger partial charge is 0.467 e. The molecular weight excluding hydrogens is 349 g/mol. The first-order valence-electron chi connectivity index (χ1n) is 7.77. The first-order valence-corrected chi connectivity index (χ1v) is 7.77. The Morgan fingerprint density at radius 1 is 1.15 bits per heavy atom. The normalized spacial score (nSPS) is 11.7. The number of fused-ring (bicyclic) bond motifs is 1. The molecule has 26 heavy (non-hydrogen) atoms. The highest BCUT2D eigenvalue weighted by Gasteiger charge is 2.42. The first-order chi connectivity index (χ1) is 12.3. The zero-order chi connectivity index (χ0) is 18.9. The molecule has 1 amide bonds. The van der Waals surface area contributed by atoms with E-state index in [0.717, 1.165) is 0 Å². The van der Waals surface area contributed by atoms with E-state index in [-0.39, 0.29) is 24.2 Å². The van der Waals surface area contributed by atoms with E-state index in [2.05, 4.69) is 5.32 Å². The Kier molecular flexibility index (Phi) is 4.58. The summed E-state index contributed by atoms with van der Waals surface area (Å²) in [6, 6.07) is 9.59. The molecule has 0 aliphatic rings. The second-order valence-corrected chi connectivity index (χ2v) is 5.75. The fourth-order valence-corrected chi connectivity index (χ4v) is 2.86. The maximum Gasteiger partial charge on any atom is 0.454 e. The average Bonchev–Trinajstić information content (AvgIpc) is 3.19. The van der Waals surface area contributed by atoms with E-state index in [4.69, 9.17) is 4.42 Å². The summed E-state index contributed by atoms with van der Waals surface area (Å²) in [6.07, 6.45) is -3.51. The molecule has 0 aliphatic heterocycles. The number of nitrogens with one attached hydrogen (secondary N) is 1. The van der Waals surface area contributed by atoms with Gasteiger partial charge in [-0.1, -0.05) is 18.2 Å². The number of ketones is 1. The third kappa shape index (κ3) is 3.35. The number of para-hydroxylation sites is 1. The summed E-state index contributed by atoms with van der Waals surface area (Å²) in [5, 5.41) is 2.81. The van der Waals surface area contributed by atoms with E-state index >= 15 is 0 Å². The van der Waals surface area contributed by atoms with Gasteiger partial charge in [0.2, 0.25) is 5.91 Å². The number of alkyl halides is 3. The fraction of sp³-hybridized carbons (Fsp3) is 0.222. The molecule has 0 radical (unpaired) electrons. The van der Waals surface area contributed by atoms with Gasteiger partial charge in [-0.2, -0.15) is 13.2 Å². The van der Waals surface area contributed by atoms with Gasteiger partial charge >= 0.3 is 6.18 Å². The number of carbonyl (C=O) groups excluding carboxylic acids is 2. The van der Waals surface area contributed by atoms with Crippen LogP contribution >= 0.6 is 0 Å². The Morgan fingerprint density at radius 2 is 1.88 bits per heavy atom. The Balaban J connectivity index is 1.92. The van der Waals surface area contributed by atoms with Crippen LogP contribution in [0.3, 0.4) is 0 Å². The third-order valence-corrected chi connectivity index (χ3v) is 4.06. The van der Waals surface area contributed by atoms with Gasteiger partial charge in [-0.3, -0.25) is 9.59 Å². The van der Waals surface area contributed by atoms with E-state index in [1.165, 1.54) is 23.8 Å². The number of rotatable bonds is 5. The van der Waals surface area contributed by atoms with Gasteiger partial charge in [0.1, 0.15) is 12.3 Å². The SMILES string of the molecule is Cc1c(C(=O)C(F)(F)F)c2ccccc2n1CC(=O)NCc1ccco1. The van der Waals surface area contributed by atoms with Gasteiger partial charge in [-0.05, 0) is 25.1 Å². The molecule has 2 aromatic heterocycles. The number of nitrogens with zero attached hydrogens (tertiary/aromatic N) is 1. The van der Waals surface area contributed by atoms with E-state index < -0.39 is 23.4 Å². The van der Waals surface area contributed by atoms with Crippen molar-refractivity contribution >= 4 is 22.6 Å². The summed E-state index contributed by atoms with van der Waals surface area (Å²) >= 11 is 0. The van der Waals surface area contributed by atoms with Crippen molar-refractivity contribution in [3.05, 3.63) is 59.7 Å². The molecule has 0 aliphatic carbocycles. The van der Waals surface area contributed by atoms with Crippen molar-refractivity contribution in [1.29, 1.82) is 0 Å². The van der Waals surface area contributed by atoms with Crippen LogP contribution in [0.1, 0.15) is 21.8 Å². The van der Waals surface area contributed by atoms with Crippen molar-refractivity contribution in [2.24, 2.45) is 0 Å². The molecule has 0 atom stereocenters. The van der Waals surface area contributed by atoms with Gasteiger partial charge in [0.25, 0.3) is 5.78 Å². The number of carbonyl (C=O) groups is 2. The van der Waals surface area contributed by atoms with Crippen LogP contribution in [0.5, 0.6) is 0 Å². The molecule has 1 N–H and O–H groups in total. The Bertz CT molecular complexity index is 956.